The van der Waals surface area contributed by atoms with Gasteiger partial charge < -0.3 is 5.73 Å². The molecule has 1 aliphatic carbocycles. The van der Waals surface area contributed by atoms with Crippen LogP contribution in [0.1, 0.15) is 43.2 Å². The summed E-state index contributed by atoms with van der Waals surface area (Å²) in [7, 11) is 0. The first-order valence-electron chi connectivity index (χ1n) is 6.55. The molecule has 0 aliphatic heterocycles. The summed E-state index contributed by atoms with van der Waals surface area (Å²) in [4.78, 5) is 0. The van der Waals surface area contributed by atoms with E-state index in [2.05, 4.69) is 31.2 Å². The van der Waals surface area contributed by atoms with Crippen LogP contribution >= 0.6 is 0 Å². The molecule has 1 fully saturated rings. The highest BCUT2D eigenvalue weighted by Crippen LogP contribution is 2.33. The Bertz CT molecular complexity index is 311. The Balaban J connectivity index is 1.67. The summed E-state index contributed by atoms with van der Waals surface area (Å²) < 4.78 is 0. The van der Waals surface area contributed by atoms with Crippen molar-refractivity contribution < 1.29 is 0 Å². The molecule has 0 aromatic heterocycles. The molecule has 16 heavy (non-hydrogen) atoms. The summed E-state index contributed by atoms with van der Waals surface area (Å²) in [6.45, 7) is 2.13. The van der Waals surface area contributed by atoms with E-state index in [1.165, 1.54) is 36.8 Å². The molecule has 1 aromatic rings. The molecule has 2 rings (SSSR count). The van der Waals surface area contributed by atoms with Gasteiger partial charge in [-0.05, 0) is 44.1 Å². The van der Waals surface area contributed by atoms with Crippen LogP contribution in [0.15, 0.2) is 24.3 Å². The van der Waals surface area contributed by atoms with Crippen LogP contribution in [0, 0.1) is 12.8 Å². The maximum absolute atomic E-state index is 6.13. The third kappa shape index (κ3) is 3.97. The van der Waals surface area contributed by atoms with Crippen molar-refractivity contribution in [3.63, 3.8) is 0 Å². The van der Waals surface area contributed by atoms with Crippen molar-refractivity contribution in [2.24, 2.45) is 11.7 Å². The topological polar surface area (TPSA) is 26.0 Å². The molecule has 1 nitrogen and oxygen atoms in total. The molecular formula is C15H23N. The summed E-state index contributed by atoms with van der Waals surface area (Å²) >= 11 is 0. The molecule has 0 radical (unpaired) electrons. The maximum atomic E-state index is 6.13. The molecule has 0 bridgehead atoms. The zero-order chi connectivity index (χ0) is 11.4. The number of benzene rings is 1. The molecule has 1 aromatic carbocycles. The highest BCUT2D eigenvalue weighted by atomic mass is 14.6. The molecule has 88 valence electrons. The minimum atomic E-state index is 0.405. The van der Waals surface area contributed by atoms with E-state index in [1.807, 2.05) is 0 Å². The van der Waals surface area contributed by atoms with Gasteiger partial charge >= 0.3 is 0 Å². The smallest absolute Gasteiger partial charge is 0.00420 e. The SMILES string of the molecule is Cc1ccc(CCC(N)CCC2CC2)cc1. The molecule has 1 unspecified atom stereocenters. The Kier molecular flexibility index (Phi) is 4.00. The fourth-order valence-electron chi connectivity index (χ4n) is 2.11. The Morgan fingerprint density at radius 1 is 1.19 bits per heavy atom. The van der Waals surface area contributed by atoms with Crippen molar-refractivity contribution in [2.45, 2.75) is 51.5 Å². The lowest BCUT2D eigenvalue weighted by molar-refractivity contribution is 0.524. The van der Waals surface area contributed by atoms with E-state index in [0.29, 0.717) is 6.04 Å². The summed E-state index contributed by atoms with van der Waals surface area (Å²) in [5, 5.41) is 0. The lowest BCUT2D eigenvalue weighted by Gasteiger charge is -2.11. The highest BCUT2D eigenvalue weighted by molar-refractivity contribution is 5.21. The van der Waals surface area contributed by atoms with Gasteiger partial charge in [0.2, 0.25) is 0 Å². The molecule has 0 heterocycles. The molecule has 0 saturated heterocycles. The van der Waals surface area contributed by atoms with Crippen LogP contribution in [-0.4, -0.2) is 6.04 Å². The fourth-order valence-corrected chi connectivity index (χ4v) is 2.11. The number of aryl methyl sites for hydroxylation is 2. The van der Waals surface area contributed by atoms with Gasteiger partial charge in [-0.25, -0.2) is 0 Å². The lowest BCUT2D eigenvalue weighted by atomic mass is 10.0. The Morgan fingerprint density at radius 2 is 1.88 bits per heavy atom. The fraction of sp³-hybridized carbons (Fsp3) is 0.600. The highest BCUT2D eigenvalue weighted by Gasteiger charge is 2.21. The third-order valence-electron chi connectivity index (χ3n) is 3.57. The Hall–Kier alpha value is -0.820. The van der Waals surface area contributed by atoms with Crippen molar-refractivity contribution >= 4 is 0 Å². The first-order valence-corrected chi connectivity index (χ1v) is 6.55. The second-order valence-corrected chi connectivity index (χ2v) is 5.31. The predicted octanol–water partition coefficient (Wildman–Crippen LogP) is 3.45. The van der Waals surface area contributed by atoms with Crippen molar-refractivity contribution in [1.29, 1.82) is 0 Å². The van der Waals surface area contributed by atoms with E-state index >= 15 is 0 Å². The van der Waals surface area contributed by atoms with E-state index in [1.54, 1.807) is 0 Å². The summed E-state index contributed by atoms with van der Waals surface area (Å²) in [6, 6.07) is 9.23. The minimum absolute atomic E-state index is 0.405. The number of rotatable bonds is 6. The van der Waals surface area contributed by atoms with Gasteiger partial charge in [0.05, 0.1) is 0 Å². The first kappa shape index (κ1) is 11.7. The van der Waals surface area contributed by atoms with Crippen LogP contribution in [0.4, 0.5) is 0 Å². The number of hydrogen-bond acceptors (Lipinski definition) is 1. The number of hydrogen-bond donors (Lipinski definition) is 1. The summed E-state index contributed by atoms with van der Waals surface area (Å²) in [6.07, 6.45) is 7.74. The van der Waals surface area contributed by atoms with Crippen LogP contribution in [0.2, 0.25) is 0 Å². The average molecular weight is 217 g/mol. The van der Waals surface area contributed by atoms with Gasteiger partial charge in [-0.2, -0.15) is 0 Å². The second-order valence-electron chi connectivity index (χ2n) is 5.31. The van der Waals surface area contributed by atoms with E-state index in [9.17, 15) is 0 Å². The molecule has 0 amide bonds. The quantitative estimate of drug-likeness (QED) is 0.776. The van der Waals surface area contributed by atoms with Gasteiger partial charge in [0, 0.05) is 6.04 Å². The second kappa shape index (κ2) is 5.49. The van der Waals surface area contributed by atoms with E-state index in [4.69, 9.17) is 5.73 Å². The van der Waals surface area contributed by atoms with Crippen molar-refractivity contribution in [2.75, 3.05) is 0 Å². The molecule has 1 atom stereocenters. The molecular weight excluding hydrogens is 194 g/mol. The van der Waals surface area contributed by atoms with Crippen LogP contribution in [-0.2, 0) is 6.42 Å². The zero-order valence-corrected chi connectivity index (χ0v) is 10.3. The molecule has 0 spiro atoms. The van der Waals surface area contributed by atoms with Crippen LogP contribution in [0.5, 0.6) is 0 Å². The lowest BCUT2D eigenvalue weighted by Crippen LogP contribution is -2.20. The van der Waals surface area contributed by atoms with Crippen LogP contribution in [0.25, 0.3) is 0 Å². The van der Waals surface area contributed by atoms with Crippen molar-refractivity contribution in [1.82, 2.24) is 0 Å². The van der Waals surface area contributed by atoms with Gasteiger partial charge in [0.15, 0.2) is 0 Å². The molecule has 2 N–H and O–H groups in total. The normalized spacial score (nSPS) is 17.4. The molecule has 1 aliphatic rings. The largest absolute Gasteiger partial charge is 0.328 e. The van der Waals surface area contributed by atoms with Gasteiger partial charge in [-0.3, -0.25) is 0 Å². The van der Waals surface area contributed by atoms with E-state index < -0.39 is 0 Å². The van der Waals surface area contributed by atoms with E-state index in [-0.39, 0.29) is 0 Å². The Morgan fingerprint density at radius 3 is 2.50 bits per heavy atom. The summed E-state index contributed by atoms with van der Waals surface area (Å²) in [5.74, 6) is 1.02. The standard InChI is InChI=1S/C15H23N/c1-12-2-4-13(5-3-12)8-10-15(16)11-9-14-6-7-14/h2-5,14-15H,6-11,16H2,1H3. The molecule has 1 heteroatoms. The Labute approximate surface area is 99.0 Å². The maximum Gasteiger partial charge on any atom is 0.00420 e. The predicted molar refractivity (Wildman–Crippen MR) is 69.4 cm³/mol. The summed E-state index contributed by atoms with van der Waals surface area (Å²) in [5.41, 5.74) is 8.89. The van der Waals surface area contributed by atoms with Gasteiger partial charge in [0.25, 0.3) is 0 Å². The van der Waals surface area contributed by atoms with Gasteiger partial charge in [-0.15, -0.1) is 0 Å². The zero-order valence-electron chi connectivity index (χ0n) is 10.3. The average Bonchev–Trinajstić information content (AvgIpc) is 3.09. The minimum Gasteiger partial charge on any atom is -0.328 e. The van der Waals surface area contributed by atoms with Crippen LogP contribution < -0.4 is 5.73 Å². The first-order chi connectivity index (χ1) is 7.74. The van der Waals surface area contributed by atoms with Crippen molar-refractivity contribution in [3.8, 4) is 0 Å². The monoisotopic (exact) mass is 217 g/mol. The molecule has 1 saturated carbocycles. The van der Waals surface area contributed by atoms with Gasteiger partial charge in [-0.1, -0.05) is 42.7 Å². The number of nitrogens with two attached hydrogens (primary N) is 1. The van der Waals surface area contributed by atoms with Crippen LogP contribution in [0.3, 0.4) is 0 Å². The third-order valence-corrected chi connectivity index (χ3v) is 3.57. The van der Waals surface area contributed by atoms with Crippen molar-refractivity contribution in [3.05, 3.63) is 35.4 Å². The van der Waals surface area contributed by atoms with E-state index in [0.717, 1.165) is 18.8 Å². The van der Waals surface area contributed by atoms with Gasteiger partial charge in [0.1, 0.15) is 0 Å².